The number of anilines is 2. The van der Waals surface area contributed by atoms with Crippen molar-refractivity contribution in [2.75, 3.05) is 49.1 Å². The van der Waals surface area contributed by atoms with Crippen LogP contribution in [0.1, 0.15) is 61.7 Å². The molecule has 1 aliphatic carbocycles. The number of nitrogens with zero attached hydrogens (tertiary/aromatic N) is 4. The van der Waals surface area contributed by atoms with Crippen LogP contribution in [0.5, 0.6) is 0 Å². The summed E-state index contributed by atoms with van der Waals surface area (Å²) in [5, 5.41) is 11.2. The lowest BCUT2D eigenvalue weighted by Crippen LogP contribution is -2.33. The summed E-state index contributed by atoms with van der Waals surface area (Å²) >= 11 is 0. The molecule has 2 fully saturated rings. The summed E-state index contributed by atoms with van der Waals surface area (Å²) in [6, 6.07) is 13.0. The molecule has 1 saturated heterocycles. The second-order valence-corrected chi connectivity index (χ2v) is 9.70. The summed E-state index contributed by atoms with van der Waals surface area (Å²) in [4.78, 5) is 20.4. The first kappa shape index (κ1) is 21.3. The van der Waals surface area contributed by atoms with E-state index in [9.17, 15) is 4.79 Å². The van der Waals surface area contributed by atoms with Crippen molar-refractivity contribution in [3.8, 4) is 6.07 Å². The molecule has 168 valence electrons. The Balaban J connectivity index is 1.39. The van der Waals surface area contributed by atoms with Crippen molar-refractivity contribution in [2.24, 2.45) is 5.92 Å². The van der Waals surface area contributed by atoms with E-state index in [2.05, 4.69) is 45.0 Å². The second kappa shape index (κ2) is 9.50. The van der Waals surface area contributed by atoms with E-state index in [4.69, 9.17) is 5.26 Å². The summed E-state index contributed by atoms with van der Waals surface area (Å²) in [5.74, 6) is 0.821. The van der Waals surface area contributed by atoms with Gasteiger partial charge in [0.2, 0.25) is 0 Å². The monoisotopic (exact) mass is 430 g/mol. The summed E-state index contributed by atoms with van der Waals surface area (Å²) in [5.41, 5.74) is 3.25. The van der Waals surface area contributed by atoms with Crippen molar-refractivity contribution in [2.45, 2.75) is 51.4 Å². The molecular weight excluding hydrogens is 396 g/mol. The number of carbonyl (C=O) groups excluding carboxylic acids is 1. The van der Waals surface area contributed by atoms with Gasteiger partial charge in [-0.15, -0.1) is 0 Å². The fraction of sp³-hybridized carbons (Fsp3) is 0.556. The third kappa shape index (κ3) is 4.09. The van der Waals surface area contributed by atoms with Gasteiger partial charge in [0.1, 0.15) is 0 Å². The van der Waals surface area contributed by atoms with Crippen LogP contribution < -0.4 is 9.80 Å². The molecule has 32 heavy (non-hydrogen) atoms. The minimum atomic E-state index is 0.188. The Labute approximate surface area is 191 Å². The van der Waals surface area contributed by atoms with Crippen LogP contribution in [0.2, 0.25) is 0 Å². The number of unbranched alkanes of at least 4 members (excludes halogenated alkanes) is 1. The molecule has 2 heterocycles. The fourth-order valence-electron chi connectivity index (χ4n) is 5.93. The number of nitriles is 1. The Morgan fingerprint density at radius 2 is 1.78 bits per heavy atom. The quantitative estimate of drug-likeness (QED) is 0.592. The van der Waals surface area contributed by atoms with Crippen molar-refractivity contribution < 1.29 is 4.79 Å². The van der Waals surface area contributed by atoms with Gasteiger partial charge in [0.25, 0.3) is 5.91 Å². The Bertz CT molecular complexity index is 1020. The minimum absolute atomic E-state index is 0.188. The van der Waals surface area contributed by atoms with Gasteiger partial charge in [-0.25, -0.2) is 0 Å². The zero-order chi connectivity index (χ0) is 21.9. The number of hydrogen-bond acceptors (Lipinski definition) is 4. The molecule has 0 aromatic heterocycles. The van der Waals surface area contributed by atoms with Crippen LogP contribution in [0.4, 0.5) is 11.4 Å². The molecule has 0 spiro atoms. The highest BCUT2D eigenvalue weighted by atomic mass is 16.2. The molecule has 0 N–H and O–H groups in total. The molecule has 0 atom stereocenters. The minimum Gasteiger partial charge on any atom is -0.370 e. The number of benzene rings is 2. The van der Waals surface area contributed by atoms with Crippen LogP contribution in [0.15, 0.2) is 30.3 Å². The molecule has 0 unspecified atom stereocenters. The van der Waals surface area contributed by atoms with E-state index in [0.29, 0.717) is 12.3 Å². The molecule has 2 aromatic rings. The largest absolute Gasteiger partial charge is 0.370 e. The van der Waals surface area contributed by atoms with Crippen molar-refractivity contribution in [1.82, 2.24) is 4.90 Å². The number of carbonyl (C=O) groups is 1. The summed E-state index contributed by atoms with van der Waals surface area (Å²) < 4.78 is 0. The lowest BCUT2D eigenvalue weighted by atomic mass is 9.89. The highest BCUT2D eigenvalue weighted by Crippen LogP contribution is 2.42. The molecular formula is C27H34N4O. The third-order valence-electron chi connectivity index (χ3n) is 7.62. The van der Waals surface area contributed by atoms with Gasteiger partial charge in [-0.1, -0.05) is 31.4 Å². The van der Waals surface area contributed by atoms with Crippen molar-refractivity contribution in [1.29, 1.82) is 5.26 Å². The van der Waals surface area contributed by atoms with E-state index in [-0.39, 0.29) is 5.91 Å². The summed E-state index contributed by atoms with van der Waals surface area (Å²) in [6.07, 6.45) is 9.17. The van der Waals surface area contributed by atoms with E-state index < -0.39 is 0 Å². The normalized spacial score (nSPS) is 20.0. The lowest BCUT2D eigenvalue weighted by Gasteiger charge is -2.28. The van der Waals surface area contributed by atoms with Gasteiger partial charge < -0.3 is 14.7 Å². The zero-order valence-corrected chi connectivity index (χ0v) is 19.1. The van der Waals surface area contributed by atoms with Crippen LogP contribution >= 0.6 is 0 Å². The third-order valence-corrected chi connectivity index (χ3v) is 7.62. The first-order valence-corrected chi connectivity index (χ1v) is 12.5. The maximum Gasteiger partial charge on any atom is 0.259 e. The Morgan fingerprint density at radius 1 is 0.938 bits per heavy atom. The van der Waals surface area contributed by atoms with Gasteiger partial charge in [0.05, 0.1) is 11.8 Å². The highest BCUT2D eigenvalue weighted by molar-refractivity contribution is 6.26. The molecule has 0 radical (unpaired) electrons. The van der Waals surface area contributed by atoms with Crippen LogP contribution in [-0.4, -0.2) is 50.1 Å². The van der Waals surface area contributed by atoms with E-state index in [1.807, 2.05) is 6.07 Å². The van der Waals surface area contributed by atoms with E-state index in [0.717, 1.165) is 68.7 Å². The van der Waals surface area contributed by atoms with E-state index in [1.165, 1.54) is 43.2 Å². The number of amides is 1. The molecule has 3 aliphatic rings. The zero-order valence-electron chi connectivity index (χ0n) is 19.1. The Morgan fingerprint density at radius 3 is 2.62 bits per heavy atom. The van der Waals surface area contributed by atoms with Crippen LogP contribution in [-0.2, 0) is 0 Å². The van der Waals surface area contributed by atoms with E-state index in [1.54, 1.807) is 0 Å². The fourth-order valence-corrected chi connectivity index (χ4v) is 5.93. The van der Waals surface area contributed by atoms with Gasteiger partial charge >= 0.3 is 0 Å². The smallest absolute Gasteiger partial charge is 0.259 e. The van der Waals surface area contributed by atoms with Crippen molar-refractivity contribution >= 4 is 28.1 Å². The van der Waals surface area contributed by atoms with Crippen molar-refractivity contribution in [3.63, 3.8) is 0 Å². The molecule has 0 bridgehead atoms. The standard InChI is InChI=1S/C27H34N4O/c28-14-4-5-15-29-16-7-17-30(19-18-29)24-12-13-25-26-22(24)10-6-11-23(26)27(32)31(25)20-21-8-2-1-3-9-21/h6,10-13,21H,1-5,7-9,15-20H2. The molecule has 2 aliphatic heterocycles. The lowest BCUT2D eigenvalue weighted by molar-refractivity contribution is 0.0987. The molecule has 1 saturated carbocycles. The predicted molar refractivity (Wildman–Crippen MR) is 130 cm³/mol. The van der Waals surface area contributed by atoms with Gasteiger partial charge in [0.15, 0.2) is 0 Å². The average Bonchev–Trinajstić information content (AvgIpc) is 2.97. The Hall–Kier alpha value is -2.58. The molecule has 1 amide bonds. The van der Waals surface area contributed by atoms with E-state index >= 15 is 0 Å². The second-order valence-electron chi connectivity index (χ2n) is 9.70. The highest BCUT2D eigenvalue weighted by Gasteiger charge is 2.33. The van der Waals surface area contributed by atoms with Gasteiger partial charge in [-0.05, 0) is 62.9 Å². The first-order chi connectivity index (χ1) is 15.8. The number of hydrogen-bond donors (Lipinski definition) is 0. The molecule has 5 nitrogen and oxygen atoms in total. The summed E-state index contributed by atoms with van der Waals surface area (Å²) in [7, 11) is 0. The number of rotatable bonds is 6. The predicted octanol–water partition coefficient (Wildman–Crippen LogP) is 5.20. The topological polar surface area (TPSA) is 50.6 Å². The van der Waals surface area contributed by atoms with Crippen molar-refractivity contribution in [3.05, 3.63) is 35.9 Å². The maximum absolute atomic E-state index is 13.3. The Kier molecular flexibility index (Phi) is 6.32. The molecule has 2 aromatic carbocycles. The average molecular weight is 431 g/mol. The molecule has 5 rings (SSSR count). The first-order valence-electron chi connectivity index (χ1n) is 12.5. The molecule has 5 heteroatoms. The van der Waals surface area contributed by atoms with Gasteiger partial charge in [-0.3, -0.25) is 4.79 Å². The van der Waals surface area contributed by atoms with Gasteiger partial charge in [-0.2, -0.15) is 5.26 Å². The maximum atomic E-state index is 13.3. The van der Waals surface area contributed by atoms with Crippen LogP contribution in [0.3, 0.4) is 0 Å². The van der Waals surface area contributed by atoms with Gasteiger partial charge in [0, 0.05) is 54.6 Å². The van der Waals surface area contributed by atoms with Crippen LogP contribution in [0.25, 0.3) is 10.8 Å². The summed E-state index contributed by atoms with van der Waals surface area (Å²) in [6.45, 7) is 6.02. The SMILES string of the molecule is N#CCCCN1CCCN(c2ccc3c4c(cccc24)C(=O)N3CC2CCCCC2)CC1. The van der Waals surface area contributed by atoms with Crippen LogP contribution in [0, 0.1) is 17.2 Å².